The van der Waals surface area contributed by atoms with E-state index in [9.17, 15) is 4.79 Å². The Kier molecular flexibility index (Phi) is 5.33. The molecule has 2 heterocycles. The lowest BCUT2D eigenvalue weighted by Crippen LogP contribution is -2.28. The summed E-state index contributed by atoms with van der Waals surface area (Å²) in [6.45, 7) is 8.37. The second-order valence-electron chi connectivity index (χ2n) is 7.05. The van der Waals surface area contributed by atoms with Crippen LogP contribution in [0.25, 0.3) is 33.3 Å². The quantitative estimate of drug-likeness (QED) is 0.209. The van der Waals surface area contributed by atoms with Crippen molar-refractivity contribution in [2.24, 2.45) is 5.84 Å². The number of fused-ring (bicyclic) bond motifs is 2. The van der Waals surface area contributed by atoms with Crippen molar-refractivity contribution in [3.05, 3.63) is 48.7 Å². The maximum atomic E-state index is 11.1. The Bertz CT molecular complexity index is 1140. The normalized spacial score (nSPS) is 11.6. The Morgan fingerprint density at radius 2 is 1.93 bits per heavy atom. The first-order valence-electron chi connectivity index (χ1n) is 9.94. The molecular formula is C22H26N6O. The summed E-state index contributed by atoms with van der Waals surface area (Å²) in [4.78, 5) is 21.7. The van der Waals surface area contributed by atoms with Gasteiger partial charge in [-0.3, -0.25) is 4.79 Å². The van der Waals surface area contributed by atoms with Crippen LogP contribution < -0.4 is 10.9 Å². The summed E-state index contributed by atoms with van der Waals surface area (Å²) in [5.41, 5.74) is 4.32. The van der Waals surface area contributed by atoms with Gasteiger partial charge in [-0.2, -0.15) is 0 Å². The molecule has 0 saturated heterocycles. The molecule has 0 radical (unpaired) electrons. The van der Waals surface area contributed by atoms with Gasteiger partial charge < -0.3 is 14.5 Å². The van der Waals surface area contributed by atoms with Gasteiger partial charge in [-0.25, -0.2) is 15.8 Å². The average molecular weight is 390 g/mol. The fourth-order valence-corrected chi connectivity index (χ4v) is 3.82. The van der Waals surface area contributed by atoms with E-state index in [4.69, 9.17) is 10.8 Å². The summed E-state index contributed by atoms with van der Waals surface area (Å²) >= 11 is 0. The smallest absolute Gasteiger partial charge is 0.228 e. The van der Waals surface area contributed by atoms with Crippen LogP contribution in [-0.2, 0) is 11.3 Å². The molecule has 4 rings (SSSR count). The minimum atomic E-state index is 0.574. The molecule has 0 aliphatic heterocycles. The zero-order valence-electron chi connectivity index (χ0n) is 16.8. The number of hydrazine groups is 1. The summed E-state index contributed by atoms with van der Waals surface area (Å²) in [6, 6.07) is 13.9. The number of nitrogens with zero attached hydrogens (tertiary/aromatic N) is 4. The summed E-state index contributed by atoms with van der Waals surface area (Å²) in [5.74, 6) is 6.57. The van der Waals surface area contributed by atoms with Crippen molar-refractivity contribution in [1.82, 2.24) is 19.4 Å². The number of hydrogen-bond donors (Lipinski definition) is 2. The third kappa shape index (κ3) is 3.50. The molecule has 2 aromatic carbocycles. The van der Waals surface area contributed by atoms with Gasteiger partial charge in [0.1, 0.15) is 11.3 Å². The maximum absolute atomic E-state index is 11.1. The van der Waals surface area contributed by atoms with Gasteiger partial charge in [0.2, 0.25) is 6.41 Å². The predicted octanol–water partition coefficient (Wildman–Crippen LogP) is 3.36. The van der Waals surface area contributed by atoms with E-state index in [-0.39, 0.29) is 0 Å². The molecule has 0 saturated carbocycles. The Morgan fingerprint density at radius 1 is 1.14 bits per heavy atom. The van der Waals surface area contributed by atoms with Crippen LogP contribution in [0.5, 0.6) is 0 Å². The van der Waals surface area contributed by atoms with Crippen LogP contribution in [0.4, 0.5) is 5.69 Å². The maximum Gasteiger partial charge on any atom is 0.228 e. The number of hydrogen-bond acceptors (Lipinski definition) is 4. The van der Waals surface area contributed by atoms with Gasteiger partial charge in [0.05, 0.1) is 11.2 Å². The van der Waals surface area contributed by atoms with Crippen molar-refractivity contribution in [2.45, 2.75) is 20.4 Å². The summed E-state index contributed by atoms with van der Waals surface area (Å²) < 4.78 is 2.29. The van der Waals surface area contributed by atoms with Crippen molar-refractivity contribution in [3.63, 3.8) is 0 Å². The van der Waals surface area contributed by atoms with Crippen LogP contribution in [0.15, 0.2) is 48.7 Å². The van der Waals surface area contributed by atoms with Crippen molar-refractivity contribution >= 4 is 34.0 Å². The molecule has 0 aliphatic rings. The number of para-hydroxylation sites is 2. The van der Waals surface area contributed by atoms with E-state index in [2.05, 4.69) is 52.7 Å². The van der Waals surface area contributed by atoms with Crippen LogP contribution in [0, 0.1) is 0 Å². The second kappa shape index (κ2) is 8.06. The van der Waals surface area contributed by atoms with Gasteiger partial charge in [-0.1, -0.05) is 38.1 Å². The highest BCUT2D eigenvalue weighted by molar-refractivity contribution is 5.99. The van der Waals surface area contributed by atoms with Gasteiger partial charge in [0, 0.05) is 35.8 Å². The molecule has 0 bridgehead atoms. The van der Waals surface area contributed by atoms with Crippen LogP contribution in [0.1, 0.15) is 13.8 Å². The number of nitrogens with one attached hydrogen (secondary N) is 1. The van der Waals surface area contributed by atoms with Gasteiger partial charge in [-0.05, 0) is 31.3 Å². The van der Waals surface area contributed by atoms with E-state index < -0.39 is 0 Å². The highest BCUT2D eigenvalue weighted by Gasteiger charge is 2.16. The Morgan fingerprint density at radius 3 is 2.69 bits per heavy atom. The van der Waals surface area contributed by atoms with Gasteiger partial charge >= 0.3 is 0 Å². The summed E-state index contributed by atoms with van der Waals surface area (Å²) in [6.07, 6.45) is 2.74. The Labute approximate surface area is 169 Å². The number of aromatic amines is 1. The van der Waals surface area contributed by atoms with E-state index in [1.807, 2.05) is 18.2 Å². The average Bonchev–Trinajstić information content (AvgIpc) is 3.35. The molecule has 1 amide bonds. The number of aromatic nitrogens is 3. The first-order valence-corrected chi connectivity index (χ1v) is 9.94. The van der Waals surface area contributed by atoms with Crippen molar-refractivity contribution in [2.75, 3.05) is 24.6 Å². The molecule has 150 valence electrons. The Hall–Kier alpha value is -3.16. The molecule has 4 aromatic rings. The standard InChI is InChI=1S/C22H26N6O/c1-3-26(4-2)12-13-27-14-17(16-8-5-6-10-19(16)27)22-24-18-9-7-11-20(21(18)25-22)28(23)15-29/h5-11,14-15H,3-4,12-13,23H2,1-2H3,(H,24,25). The lowest BCUT2D eigenvalue weighted by Gasteiger charge is -2.18. The number of carbonyl (C=O) groups is 1. The minimum absolute atomic E-state index is 0.574. The van der Waals surface area contributed by atoms with E-state index in [1.165, 1.54) is 5.52 Å². The number of anilines is 1. The van der Waals surface area contributed by atoms with E-state index in [1.54, 1.807) is 6.07 Å². The minimum Gasteiger partial charge on any atom is -0.345 e. The molecule has 29 heavy (non-hydrogen) atoms. The number of benzene rings is 2. The first kappa shape index (κ1) is 19.2. The van der Waals surface area contributed by atoms with Crippen molar-refractivity contribution in [1.29, 1.82) is 0 Å². The number of imidazole rings is 1. The number of likely N-dealkylation sites (N-methyl/N-ethyl adjacent to an activating group) is 1. The Balaban J connectivity index is 1.79. The molecule has 7 heteroatoms. The SMILES string of the molecule is CCN(CC)CCn1cc(-c2nc3c(N(N)C=O)cccc3[nH]2)c2ccccc21. The second-order valence-corrected chi connectivity index (χ2v) is 7.05. The molecule has 2 aromatic heterocycles. The molecule has 3 N–H and O–H groups in total. The topological polar surface area (TPSA) is 83.2 Å². The zero-order valence-corrected chi connectivity index (χ0v) is 16.8. The third-order valence-electron chi connectivity index (χ3n) is 5.48. The number of carbonyl (C=O) groups excluding carboxylic acids is 1. The number of nitrogens with two attached hydrogens (primary N) is 1. The van der Waals surface area contributed by atoms with E-state index in [0.717, 1.165) is 53.5 Å². The zero-order chi connectivity index (χ0) is 20.4. The number of rotatable bonds is 8. The predicted molar refractivity (Wildman–Crippen MR) is 118 cm³/mol. The first-order chi connectivity index (χ1) is 14.2. The molecule has 7 nitrogen and oxygen atoms in total. The molecule has 0 aliphatic carbocycles. The van der Waals surface area contributed by atoms with Crippen LogP contribution >= 0.6 is 0 Å². The molecular weight excluding hydrogens is 364 g/mol. The lowest BCUT2D eigenvalue weighted by molar-refractivity contribution is -0.107. The number of amides is 1. The van der Waals surface area contributed by atoms with Crippen LogP contribution in [0.3, 0.4) is 0 Å². The van der Waals surface area contributed by atoms with Crippen molar-refractivity contribution in [3.8, 4) is 11.4 Å². The van der Waals surface area contributed by atoms with Crippen LogP contribution in [-0.4, -0.2) is 45.5 Å². The van der Waals surface area contributed by atoms with E-state index in [0.29, 0.717) is 17.6 Å². The molecule has 0 fully saturated rings. The fourth-order valence-electron chi connectivity index (χ4n) is 3.82. The van der Waals surface area contributed by atoms with Gasteiger partial charge in [0.15, 0.2) is 0 Å². The molecule has 0 atom stereocenters. The summed E-state index contributed by atoms with van der Waals surface area (Å²) in [5, 5.41) is 2.20. The highest BCUT2D eigenvalue weighted by Crippen LogP contribution is 2.32. The van der Waals surface area contributed by atoms with Gasteiger partial charge in [0.25, 0.3) is 0 Å². The lowest BCUT2D eigenvalue weighted by atomic mass is 10.2. The van der Waals surface area contributed by atoms with Crippen LogP contribution in [0.2, 0.25) is 0 Å². The monoisotopic (exact) mass is 390 g/mol. The molecule has 0 spiro atoms. The summed E-state index contributed by atoms with van der Waals surface area (Å²) in [7, 11) is 0. The number of H-pyrrole nitrogens is 1. The third-order valence-corrected chi connectivity index (χ3v) is 5.48. The fraction of sp³-hybridized carbons (Fsp3) is 0.273. The largest absolute Gasteiger partial charge is 0.345 e. The van der Waals surface area contributed by atoms with Crippen molar-refractivity contribution < 1.29 is 4.79 Å². The van der Waals surface area contributed by atoms with E-state index >= 15 is 0 Å². The molecule has 0 unspecified atom stereocenters. The highest BCUT2D eigenvalue weighted by atomic mass is 16.1. The van der Waals surface area contributed by atoms with Gasteiger partial charge in [-0.15, -0.1) is 0 Å².